The van der Waals surface area contributed by atoms with E-state index in [1.54, 1.807) is 0 Å². The van der Waals surface area contributed by atoms with E-state index in [9.17, 15) is 34.8 Å². The molecule has 1 rings (SSSR count). The van der Waals surface area contributed by atoms with Crippen molar-refractivity contribution < 1.29 is 53.8 Å². The lowest BCUT2D eigenvalue weighted by atomic mass is 9.99. The second-order valence-corrected chi connectivity index (χ2v) is 6.37. The fraction of sp³-hybridized carbons (Fsp3) is 0.706. The van der Waals surface area contributed by atoms with Gasteiger partial charge >= 0.3 is 12.1 Å². The zero-order valence-electron chi connectivity index (χ0n) is 16.6. The van der Waals surface area contributed by atoms with Crippen molar-refractivity contribution in [3.8, 4) is 0 Å². The summed E-state index contributed by atoms with van der Waals surface area (Å²) >= 11 is 0. The van der Waals surface area contributed by atoms with Crippen LogP contribution in [0.5, 0.6) is 0 Å². The Kier molecular flexibility index (Phi) is 10.7. The molecule has 2 amide bonds. The SMILES string of the molecule is C=CCOC(=O)N[C@@H](CO[C@@H]1O[C@H](CO)[C@H](O)[C@H](O)[C@H]1O)C(=O)NC(C)C(=O)OC. The average Bonchev–Trinajstić information content (AvgIpc) is 2.73. The van der Waals surface area contributed by atoms with Gasteiger partial charge in [-0.3, -0.25) is 4.79 Å². The Bertz CT molecular complexity index is 600. The first-order valence-corrected chi connectivity index (χ1v) is 9.00. The van der Waals surface area contributed by atoms with Gasteiger partial charge in [0.05, 0.1) is 20.3 Å². The molecule has 172 valence electrons. The van der Waals surface area contributed by atoms with Crippen molar-refractivity contribution in [2.45, 2.75) is 49.7 Å². The highest BCUT2D eigenvalue weighted by Gasteiger charge is 2.44. The molecule has 13 nitrogen and oxygen atoms in total. The van der Waals surface area contributed by atoms with Gasteiger partial charge in [-0.1, -0.05) is 12.7 Å². The molecule has 1 aliphatic heterocycles. The minimum atomic E-state index is -1.70. The van der Waals surface area contributed by atoms with Gasteiger partial charge < -0.3 is 50.0 Å². The number of hydrogen-bond donors (Lipinski definition) is 6. The highest BCUT2D eigenvalue weighted by molar-refractivity contribution is 5.89. The summed E-state index contributed by atoms with van der Waals surface area (Å²) in [7, 11) is 1.13. The van der Waals surface area contributed by atoms with Crippen LogP contribution in [0.4, 0.5) is 4.79 Å². The summed E-state index contributed by atoms with van der Waals surface area (Å²) in [5.41, 5.74) is 0. The van der Waals surface area contributed by atoms with Crippen LogP contribution in [-0.4, -0.2) is 108 Å². The zero-order chi connectivity index (χ0) is 22.8. The first-order valence-electron chi connectivity index (χ1n) is 9.00. The molecule has 0 aliphatic carbocycles. The second kappa shape index (κ2) is 12.4. The molecule has 1 saturated heterocycles. The van der Waals surface area contributed by atoms with Crippen LogP contribution in [0.1, 0.15) is 6.92 Å². The van der Waals surface area contributed by atoms with Crippen LogP contribution in [0, 0.1) is 0 Å². The smallest absolute Gasteiger partial charge is 0.408 e. The van der Waals surface area contributed by atoms with E-state index >= 15 is 0 Å². The van der Waals surface area contributed by atoms with Gasteiger partial charge in [-0.15, -0.1) is 0 Å². The van der Waals surface area contributed by atoms with Crippen molar-refractivity contribution in [1.82, 2.24) is 10.6 Å². The monoisotopic (exact) mass is 436 g/mol. The zero-order valence-corrected chi connectivity index (χ0v) is 16.6. The predicted molar refractivity (Wildman–Crippen MR) is 97.8 cm³/mol. The maximum Gasteiger partial charge on any atom is 0.408 e. The number of carbonyl (C=O) groups is 3. The molecule has 0 radical (unpaired) electrons. The average molecular weight is 436 g/mol. The molecule has 0 aromatic heterocycles. The third kappa shape index (κ3) is 7.19. The Labute approximate surface area is 172 Å². The third-order valence-electron chi connectivity index (χ3n) is 4.13. The van der Waals surface area contributed by atoms with Crippen LogP contribution in [-0.2, 0) is 28.5 Å². The standard InChI is InChI=1S/C17H28N2O11/c1-4-5-28-17(26)19-9(14(24)18-8(2)15(25)27-3)7-29-16-13(23)12(22)11(21)10(6-20)30-16/h4,8-13,16,20-23H,1,5-7H2,2-3H3,(H,18,24)(H,19,26)/t8?,9-,10+,11-,12-,13+,16+/m0/s1. The molecule has 30 heavy (non-hydrogen) atoms. The first-order chi connectivity index (χ1) is 14.2. The maximum atomic E-state index is 12.5. The van der Waals surface area contributed by atoms with Gasteiger partial charge in [-0.25, -0.2) is 9.59 Å². The van der Waals surface area contributed by atoms with E-state index in [1.807, 2.05) is 0 Å². The van der Waals surface area contributed by atoms with E-state index in [2.05, 4.69) is 21.9 Å². The number of hydrogen-bond acceptors (Lipinski definition) is 11. The number of aliphatic hydroxyl groups is 4. The lowest BCUT2D eigenvalue weighted by molar-refractivity contribution is -0.301. The molecular weight excluding hydrogens is 408 g/mol. The lowest BCUT2D eigenvalue weighted by Gasteiger charge is -2.39. The number of rotatable bonds is 10. The molecule has 7 atom stereocenters. The molecule has 0 saturated carbocycles. The van der Waals surface area contributed by atoms with Crippen LogP contribution in [0.25, 0.3) is 0 Å². The minimum absolute atomic E-state index is 0.133. The molecule has 0 bridgehead atoms. The van der Waals surface area contributed by atoms with E-state index in [-0.39, 0.29) is 6.61 Å². The summed E-state index contributed by atoms with van der Waals surface area (Å²) in [6, 6.07) is -2.44. The van der Waals surface area contributed by atoms with E-state index in [0.29, 0.717) is 0 Å². The Morgan fingerprint density at radius 3 is 2.40 bits per heavy atom. The molecule has 1 fully saturated rings. The van der Waals surface area contributed by atoms with Crippen LogP contribution < -0.4 is 10.6 Å². The van der Waals surface area contributed by atoms with Crippen LogP contribution in [0.15, 0.2) is 12.7 Å². The van der Waals surface area contributed by atoms with Gasteiger partial charge in [-0.05, 0) is 6.92 Å². The number of esters is 1. The van der Waals surface area contributed by atoms with Gasteiger partial charge in [0.25, 0.3) is 0 Å². The molecule has 0 aromatic carbocycles. The summed E-state index contributed by atoms with van der Waals surface area (Å²) in [5, 5.41) is 43.3. The minimum Gasteiger partial charge on any atom is -0.467 e. The highest BCUT2D eigenvalue weighted by atomic mass is 16.7. The summed E-state index contributed by atoms with van der Waals surface area (Å²) < 4.78 is 19.7. The molecule has 1 heterocycles. The fourth-order valence-electron chi connectivity index (χ4n) is 2.45. The fourth-order valence-corrected chi connectivity index (χ4v) is 2.45. The van der Waals surface area contributed by atoms with Gasteiger partial charge in [0.15, 0.2) is 6.29 Å². The van der Waals surface area contributed by atoms with E-state index < -0.39 is 74.0 Å². The van der Waals surface area contributed by atoms with Crippen LogP contribution >= 0.6 is 0 Å². The van der Waals surface area contributed by atoms with Crippen LogP contribution in [0.3, 0.4) is 0 Å². The molecule has 1 unspecified atom stereocenters. The number of nitrogens with one attached hydrogen (secondary N) is 2. The number of ether oxygens (including phenoxy) is 4. The molecule has 1 aliphatic rings. The number of carbonyl (C=O) groups excluding carboxylic acids is 3. The number of amides is 2. The Hall–Kier alpha value is -2.29. The van der Waals surface area contributed by atoms with Crippen molar-refractivity contribution in [3.63, 3.8) is 0 Å². The Morgan fingerprint density at radius 2 is 1.83 bits per heavy atom. The van der Waals surface area contributed by atoms with Crippen molar-refractivity contribution in [1.29, 1.82) is 0 Å². The molecule has 13 heteroatoms. The van der Waals surface area contributed by atoms with Gasteiger partial charge in [0, 0.05) is 0 Å². The third-order valence-corrected chi connectivity index (χ3v) is 4.13. The topological polar surface area (TPSA) is 193 Å². The number of alkyl carbamates (subject to hydrolysis) is 1. The molecule has 6 N–H and O–H groups in total. The lowest BCUT2D eigenvalue weighted by Crippen LogP contribution is -2.60. The normalized spacial score (nSPS) is 28.0. The molecular formula is C17H28N2O11. The molecule has 0 spiro atoms. The van der Waals surface area contributed by atoms with Crippen molar-refractivity contribution in [3.05, 3.63) is 12.7 Å². The van der Waals surface area contributed by atoms with E-state index in [1.165, 1.54) is 13.0 Å². The quantitative estimate of drug-likeness (QED) is 0.149. The number of aliphatic hydroxyl groups excluding tert-OH is 4. The van der Waals surface area contributed by atoms with Gasteiger partial charge in [0.1, 0.15) is 43.1 Å². The van der Waals surface area contributed by atoms with Crippen LogP contribution in [0.2, 0.25) is 0 Å². The second-order valence-electron chi connectivity index (χ2n) is 6.37. The van der Waals surface area contributed by atoms with E-state index in [0.717, 1.165) is 7.11 Å². The van der Waals surface area contributed by atoms with Crippen molar-refractivity contribution in [2.75, 3.05) is 26.9 Å². The summed E-state index contributed by atoms with van der Waals surface area (Å²) in [6.45, 7) is 3.36. The Balaban J connectivity index is 2.83. The predicted octanol–water partition coefficient (Wildman–Crippen LogP) is -3.24. The van der Waals surface area contributed by atoms with Crippen molar-refractivity contribution in [2.24, 2.45) is 0 Å². The van der Waals surface area contributed by atoms with E-state index in [4.69, 9.17) is 14.2 Å². The van der Waals surface area contributed by atoms with Crippen molar-refractivity contribution >= 4 is 18.0 Å². The first kappa shape index (κ1) is 25.7. The number of methoxy groups -OCH3 is 1. The van der Waals surface area contributed by atoms with Gasteiger partial charge in [0.2, 0.25) is 5.91 Å². The highest BCUT2D eigenvalue weighted by Crippen LogP contribution is 2.22. The summed E-state index contributed by atoms with van der Waals surface area (Å²) in [4.78, 5) is 35.8. The largest absolute Gasteiger partial charge is 0.467 e. The maximum absolute atomic E-state index is 12.5. The molecule has 0 aromatic rings. The summed E-state index contributed by atoms with van der Waals surface area (Å²) in [6.07, 6.45) is -7.40. The van der Waals surface area contributed by atoms with Gasteiger partial charge in [-0.2, -0.15) is 0 Å². The summed E-state index contributed by atoms with van der Waals surface area (Å²) in [5.74, 6) is -1.57. The Morgan fingerprint density at radius 1 is 1.17 bits per heavy atom.